The normalized spacial score (nSPS) is 18.8. The van der Waals surface area contributed by atoms with Gasteiger partial charge in [0.05, 0.1) is 26.3 Å². The molecule has 0 aromatic heterocycles. The number of nitrogens with zero attached hydrogens (tertiary/aromatic N) is 1. The zero-order valence-corrected chi connectivity index (χ0v) is 16.0. The van der Waals surface area contributed by atoms with E-state index in [1.807, 2.05) is 25.1 Å². The highest BCUT2D eigenvalue weighted by molar-refractivity contribution is 6.12. The van der Waals surface area contributed by atoms with E-state index in [4.69, 9.17) is 9.47 Å². The molecule has 0 saturated carbocycles. The van der Waals surface area contributed by atoms with Gasteiger partial charge in [0, 0.05) is 6.07 Å². The van der Waals surface area contributed by atoms with Crippen LogP contribution in [0.3, 0.4) is 0 Å². The lowest BCUT2D eigenvalue weighted by atomic mass is 9.87. The Hall–Kier alpha value is -3.35. The highest BCUT2D eigenvalue weighted by Gasteiger charge is 2.51. The number of amides is 3. The smallest absolute Gasteiger partial charge is 0.325 e. The largest absolute Gasteiger partial charge is 0.497 e. The van der Waals surface area contributed by atoms with E-state index < -0.39 is 23.3 Å². The Kier molecular flexibility index (Phi) is 5.35. The van der Waals surface area contributed by atoms with Gasteiger partial charge < -0.3 is 14.8 Å². The SMILES string of the molecule is CC[C@]1(c2ccccc2)NC(=O)N(CC(=O)c2ccc(OC)cc2OC)C1=O. The summed E-state index contributed by atoms with van der Waals surface area (Å²) in [5.74, 6) is 0.0219. The molecule has 1 atom stereocenters. The lowest BCUT2D eigenvalue weighted by molar-refractivity contribution is -0.131. The molecule has 1 saturated heterocycles. The van der Waals surface area contributed by atoms with Crippen LogP contribution in [-0.4, -0.2) is 43.4 Å². The van der Waals surface area contributed by atoms with Gasteiger partial charge in [-0.05, 0) is 24.1 Å². The van der Waals surface area contributed by atoms with E-state index in [0.717, 1.165) is 4.90 Å². The first-order chi connectivity index (χ1) is 13.5. The van der Waals surface area contributed by atoms with Gasteiger partial charge in [-0.3, -0.25) is 14.5 Å². The summed E-state index contributed by atoms with van der Waals surface area (Å²) in [4.78, 5) is 39.4. The van der Waals surface area contributed by atoms with Crippen molar-refractivity contribution in [1.82, 2.24) is 10.2 Å². The maximum absolute atomic E-state index is 13.1. The van der Waals surface area contributed by atoms with Gasteiger partial charge in [0.1, 0.15) is 17.0 Å². The summed E-state index contributed by atoms with van der Waals surface area (Å²) in [7, 11) is 2.95. The maximum atomic E-state index is 13.1. The first-order valence-corrected chi connectivity index (χ1v) is 8.91. The van der Waals surface area contributed by atoms with E-state index in [-0.39, 0.29) is 12.1 Å². The number of ether oxygens (including phenoxy) is 2. The molecule has 28 heavy (non-hydrogen) atoms. The standard InChI is InChI=1S/C21H22N2O5/c1-4-21(14-8-6-5-7-9-14)19(25)23(20(26)22-21)13-17(24)16-11-10-15(27-2)12-18(16)28-3/h5-12H,4,13H2,1-3H3,(H,22,26)/t21-/m1/s1. The summed E-state index contributed by atoms with van der Waals surface area (Å²) in [5.41, 5.74) is -0.201. The fourth-order valence-corrected chi connectivity index (χ4v) is 3.39. The van der Waals surface area contributed by atoms with Crippen LogP contribution in [0.15, 0.2) is 48.5 Å². The van der Waals surface area contributed by atoms with Gasteiger partial charge in [-0.15, -0.1) is 0 Å². The summed E-state index contributed by atoms with van der Waals surface area (Å²) in [5, 5.41) is 2.77. The Balaban J connectivity index is 1.88. The molecule has 146 valence electrons. The molecule has 2 aromatic rings. The second-order valence-electron chi connectivity index (χ2n) is 6.44. The van der Waals surface area contributed by atoms with Crippen LogP contribution in [0.5, 0.6) is 11.5 Å². The topological polar surface area (TPSA) is 84.9 Å². The number of methoxy groups -OCH3 is 2. The molecule has 1 fully saturated rings. The highest BCUT2D eigenvalue weighted by Crippen LogP contribution is 2.33. The number of carbonyl (C=O) groups excluding carboxylic acids is 3. The molecule has 7 nitrogen and oxygen atoms in total. The summed E-state index contributed by atoms with van der Waals surface area (Å²) < 4.78 is 10.4. The third kappa shape index (κ3) is 3.19. The average Bonchev–Trinajstić information content (AvgIpc) is 2.98. The molecule has 1 aliphatic rings. The number of hydrogen-bond acceptors (Lipinski definition) is 5. The van der Waals surface area contributed by atoms with Crippen molar-refractivity contribution in [3.8, 4) is 11.5 Å². The van der Waals surface area contributed by atoms with E-state index in [1.54, 1.807) is 30.3 Å². The molecule has 3 amide bonds. The molecular weight excluding hydrogens is 360 g/mol. The van der Waals surface area contributed by atoms with Gasteiger partial charge in [0.25, 0.3) is 5.91 Å². The van der Waals surface area contributed by atoms with Crippen molar-refractivity contribution < 1.29 is 23.9 Å². The van der Waals surface area contributed by atoms with Crippen molar-refractivity contribution in [1.29, 1.82) is 0 Å². The predicted octanol–water partition coefficient (Wildman–Crippen LogP) is 2.74. The lowest BCUT2D eigenvalue weighted by Crippen LogP contribution is -2.43. The van der Waals surface area contributed by atoms with Crippen LogP contribution < -0.4 is 14.8 Å². The molecule has 0 bridgehead atoms. The molecule has 7 heteroatoms. The number of carbonyl (C=O) groups is 3. The average molecular weight is 382 g/mol. The Morgan fingerprint density at radius 3 is 2.39 bits per heavy atom. The Bertz CT molecular complexity index is 912. The van der Waals surface area contributed by atoms with Crippen molar-refractivity contribution in [2.45, 2.75) is 18.9 Å². The summed E-state index contributed by atoms with van der Waals surface area (Å²) in [6.45, 7) is 1.45. The number of nitrogens with one attached hydrogen (secondary N) is 1. The van der Waals surface area contributed by atoms with Crippen molar-refractivity contribution >= 4 is 17.7 Å². The lowest BCUT2D eigenvalue weighted by Gasteiger charge is -2.25. The minimum atomic E-state index is -1.16. The molecule has 1 heterocycles. The Morgan fingerprint density at radius 1 is 1.07 bits per heavy atom. The number of imide groups is 1. The number of rotatable bonds is 7. The Labute approximate surface area is 163 Å². The summed E-state index contributed by atoms with van der Waals surface area (Å²) in [6, 6.07) is 13.2. The fraction of sp³-hybridized carbons (Fsp3) is 0.286. The fourth-order valence-electron chi connectivity index (χ4n) is 3.39. The molecule has 2 aromatic carbocycles. The van der Waals surface area contributed by atoms with Gasteiger partial charge in [-0.25, -0.2) is 4.79 Å². The van der Waals surface area contributed by atoms with Crippen molar-refractivity contribution in [2.24, 2.45) is 0 Å². The molecule has 1 aliphatic heterocycles. The third-order valence-corrected chi connectivity index (χ3v) is 4.98. The van der Waals surface area contributed by atoms with E-state index in [2.05, 4.69) is 5.32 Å². The molecule has 0 unspecified atom stereocenters. The predicted molar refractivity (Wildman–Crippen MR) is 103 cm³/mol. The van der Waals surface area contributed by atoms with Gasteiger partial charge >= 0.3 is 6.03 Å². The molecule has 3 rings (SSSR count). The monoisotopic (exact) mass is 382 g/mol. The number of urea groups is 1. The molecular formula is C21H22N2O5. The van der Waals surface area contributed by atoms with E-state index >= 15 is 0 Å². The van der Waals surface area contributed by atoms with Crippen LogP contribution in [0.4, 0.5) is 4.79 Å². The van der Waals surface area contributed by atoms with Gasteiger partial charge in [0.2, 0.25) is 0 Å². The Morgan fingerprint density at radius 2 is 1.79 bits per heavy atom. The number of benzene rings is 2. The van der Waals surface area contributed by atoms with Crippen molar-refractivity contribution in [3.63, 3.8) is 0 Å². The summed E-state index contributed by atoms with van der Waals surface area (Å²) >= 11 is 0. The summed E-state index contributed by atoms with van der Waals surface area (Å²) in [6.07, 6.45) is 0.373. The maximum Gasteiger partial charge on any atom is 0.325 e. The van der Waals surface area contributed by atoms with E-state index in [0.29, 0.717) is 23.5 Å². The second-order valence-corrected chi connectivity index (χ2v) is 6.44. The molecule has 0 radical (unpaired) electrons. The van der Waals surface area contributed by atoms with Crippen LogP contribution >= 0.6 is 0 Å². The van der Waals surface area contributed by atoms with E-state index in [9.17, 15) is 14.4 Å². The highest BCUT2D eigenvalue weighted by atomic mass is 16.5. The van der Waals surface area contributed by atoms with Gasteiger partial charge in [0.15, 0.2) is 5.78 Å². The van der Waals surface area contributed by atoms with Crippen LogP contribution in [0.25, 0.3) is 0 Å². The van der Waals surface area contributed by atoms with Gasteiger partial charge in [-0.1, -0.05) is 37.3 Å². The third-order valence-electron chi connectivity index (χ3n) is 4.98. The van der Waals surface area contributed by atoms with Crippen LogP contribution in [0, 0.1) is 0 Å². The number of ketones is 1. The zero-order valence-electron chi connectivity index (χ0n) is 16.0. The molecule has 0 aliphatic carbocycles. The van der Waals surface area contributed by atoms with Crippen molar-refractivity contribution in [3.05, 3.63) is 59.7 Å². The first kappa shape index (κ1) is 19.4. The molecule has 0 spiro atoms. The van der Waals surface area contributed by atoms with Crippen LogP contribution in [-0.2, 0) is 10.3 Å². The quantitative estimate of drug-likeness (QED) is 0.588. The number of hydrogen-bond donors (Lipinski definition) is 1. The van der Waals surface area contributed by atoms with Crippen LogP contribution in [0.2, 0.25) is 0 Å². The van der Waals surface area contributed by atoms with Crippen molar-refractivity contribution in [2.75, 3.05) is 20.8 Å². The number of Topliss-reactive ketones (excluding diaryl/α,β-unsaturated/α-hetero) is 1. The molecule has 1 N–H and O–H groups in total. The van der Waals surface area contributed by atoms with Crippen LogP contribution in [0.1, 0.15) is 29.3 Å². The van der Waals surface area contributed by atoms with Gasteiger partial charge in [-0.2, -0.15) is 0 Å². The first-order valence-electron chi connectivity index (χ1n) is 8.91. The van der Waals surface area contributed by atoms with E-state index in [1.165, 1.54) is 14.2 Å². The second kappa shape index (κ2) is 7.72. The minimum Gasteiger partial charge on any atom is -0.497 e. The zero-order chi connectivity index (χ0) is 20.3. The minimum absolute atomic E-state index is 0.276.